The molecule has 0 N–H and O–H groups in total. The highest BCUT2D eigenvalue weighted by Crippen LogP contribution is 2.49. The van der Waals surface area contributed by atoms with Crippen LogP contribution < -0.4 is 0 Å². The van der Waals surface area contributed by atoms with E-state index in [9.17, 15) is 0 Å². The molecule has 0 radical (unpaired) electrons. The molecule has 1 saturated carbocycles. The molecule has 0 aliphatic heterocycles. The van der Waals surface area contributed by atoms with E-state index in [4.69, 9.17) is 0 Å². The lowest BCUT2D eigenvalue weighted by molar-refractivity contribution is 0.115. The number of rotatable bonds is 7. The van der Waals surface area contributed by atoms with Crippen molar-refractivity contribution in [2.24, 2.45) is 53.3 Å². The summed E-state index contributed by atoms with van der Waals surface area (Å²) in [6, 6.07) is 0. The Balaban J connectivity index is 2.57. The normalized spacial score (nSPS) is 32.5. The SMILES string of the molecule is CC(C)C(C)C(C)C(C)C(C)C(C)C(C)C1CC1C. The molecule has 114 valence electrons. The van der Waals surface area contributed by atoms with Crippen molar-refractivity contribution in [3.05, 3.63) is 0 Å². The van der Waals surface area contributed by atoms with E-state index in [-0.39, 0.29) is 0 Å². The van der Waals surface area contributed by atoms with Crippen molar-refractivity contribution in [2.45, 2.75) is 68.7 Å². The zero-order chi connectivity index (χ0) is 14.9. The summed E-state index contributed by atoms with van der Waals surface area (Å²) in [6.07, 6.45) is 1.48. The van der Waals surface area contributed by atoms with E-state index in [1.54, 1.807) is 0 Å². The zero-order valence-corrected chi connectivity index (χ0v) is 14.9. The highest BCUT2D eigenvalue weighted by Gasteiger charge is 2.41. The fourth-order valence-electron chi connectivity index (χ4n) is 4.00. The van der Waals surface area contributed by atoms with Gasteiger partial charge in [-0.25, -0.2) is 0 Å². The van der Waals surface area contributed by atoms with Gasteiger partial charge < -0.3 is 0 Å². The second-order valence-corrected chi connectivity index (χ2v) is 8.28. The first-order valence-electron chi connectivity index (χ1n) is 8.68. The molecule has 0 spiro atoms. The Morgan fingerprint density at radius 1 is 0.632 bits per heavy atom. The van der Waals surface area contributed by atoms with Crippen LogP contribution in [0.2, 0.25) is 0 Å². The van der Waals surface area contributed by atoms with Gasteiger partial charge in [-0.15, -0.1) is 0 Å². The first-order valence-corrected chi connectivity index (χ1v) is 8.68. The summed E-state index contributed by atoms with van der Waals surface area (Å²) in [7, 11) is 0. The Labute approximate surface area is 122 Å². The molecule has 8 atom stereocenters. The molecule has 0 nitrogen and oxygen atoms in total. The lowest BCUT2D eigenvalue weighted by Gasteiger charge is -2.37. The van der Waals surface area contributed by atoms with Crippen LogP contribution >= 0.6 is 0 Å². The van der Waals surface area contributed by atoms with E-state index >= 15 is 0 Å². The van der Waals surface area contributed by atoms with Crippen molar-refractivity contribution >= 4 is 0 Å². The van der Waals surface area contributed by atoms with Crippen LogP contribution in [0, 0.1) is 53.3 Å². The second-order valence-electron chi connectivity index (χ2n) is 8.28. The first-order chi connectivity index (χ1) is 8.68. The fourth-order valence-corrected chi connectivity index (χ4v) is 4.00. The van der Waals surface area contributed by atoms with E-state index in [0.29, 0.717) is 0 Å². The maximum atomic E-state index is 2.50. The van der Waals surface area contributed by atoms with Crippen LogP contribution in [0.3, 0.4) is 0 Å². The van der Waals surface area contributed by atoms with Crippen molar-refractivity contribution in [3.63, 3.8) is 0 Å². The van der Waals surface area contributed by atoms with Crippen molar-refractivity contribution in [3.8, 4) is 0 Å². The molecular weight excluding hydrogens is 228 g/mol. The minimum Gasteiger partial charge on any atom is -0.0625 e. The van der Waals surface area contributed by atoms with Crippen LogP contribution in [-0.4, -0.2) is 0 Å². The third-order valence-corrected chi connectivity index (χ3v) is 7.05. The molecule has 0 aromatic carbocycles. The molecule has 0 amide bonds. The molecule has 0 heterocycles. The van der Waals surface area contributed by atoms with Crippen LogP contribution in [0.4, 0.5) is 0 Å². The van der Waals surface area contributed by atoms with Gasteiger partial charge in [0.2, 0.25) is 0 Å². The van der Waals surface area contributed by atoms with Gasteiger partial charge in [-0.05, 0) is 59.7 Å². The van der Waals surface area contributed by atoms with Gasteiger partial charge >= 0.3 is 0 Å². The summed E-state index contributed by atoms with van der Waals surface area (Å²) in [5.41, 5.74) is 0. The van der Waals surface area contributed by atoms with Crippen molar-refractivity contribution in [2.75, 3.05) is 0 Å². The smallest absolute Gasteiger partial charge is 0.0357 e. The van der Waals surface area contributed by atoms with Crippen LogP contribution in [0.1, 0.15) is 68.7 Å². The Hall–Kier alpha value is 0. The van der Waals surface area contributed by atoms with Crippen LogP contribution in [0.5, 0.6) is 0 Å². The van der Waals surface area contributed by atoms with Gasteiger partial charge in [-0.2, -0.15) is 0 Å². The van der Waals surface area contributed by atoms with Gasteiger partial charge in [0.1, 0.15) is 0 Å². The highest BCUT2D eigenvalue weighted by atomic mass is 14.5. The lowest BCUT2D eigenvalue weighted by Crippen LogP contribution is -2.31. The topological polar surface area (TPSA) is 0 Å². The third-order valence-electron chi connectivity index (χ3n) is 7.05. The monoisotopic (exact) mass is 266 g/mol. The Morgan fingerprint density at radius 3 is 1.37 bits per heavy atom. The Morgan fingerprint density at radius 2 is 1.00 bits per heavy atom. The van der Waals surface area contributed by atoms with Gasteiger partial charge in [0.25, 0.3) is 0 Å². The molecule has 1 rings (SSSR count). The maximum Gasteiger partial charge on any atom is -0.0357 e. The van der Waals surface area contributed by atoms with Gasteiger partial charge in [0.15, 0.2) is 0 Å². The van der Waals surface area contributed by atoms with Crippen molar-refractivity contribution in [1.82, 2.24) is 0 Å². The van der Waals surface area contributed by atoms with E-state index in [1.165, 1.54) is 6.42 Å². The van der Waals surface area contributed by atoms with E-state index < -0.39 is 0 Å². The molecule has 0 bridgehead atoms. The summed E-state index contributed by atoms with van der Waals surface area (Å²) in [5.74, 6) is 7.94. The highest BCUT2D eigenvalue weighted by molar-refractivity contribution is 4.90. The molecule has 19 heavy (non-hydrogen) atoms. The summed E-state index contributed by atoms with van der Waals surface area (Å²) in [5, 5.41) is 0. The molecule has 0 heteroatoms. The molecule has 0 saturated heterocycles. The predicted octanol–water partition coefficient (Wildman–Crippen LogP) is 6.12. The standard InChI is InChI=1S/C19H38/c1-11(2)13(4)14(5)15(6)16(7)17(8)18(9)19-10-12(19)3/h11-19H,10H2,1-9H3. The van der Waals surface area contributed by atoms with Crippen LogP contribution in [-0.2, 0) is 0 Å². The average molecular weight is 267 g/mol. The summed E-state index contributed by atoms with van der Waals surface area (Å²) in [4.78, 5) is 0. The molecule has 1 aliphatic carbocycles. The maximum absolute atomic E-state index is 2.50. The van der Waals surface area contributed by atoms with Gasteiger partial charge in [0, 0.05) is 0 Å². The summed E-state index contributed by atoms with van der Waals surface area (Å²) in [6.45, 7) is 22.1. The quantitative estimate of drug-likeness (QED) is 0.521. The molecule has 1 fully saturated rings. The molecule has 1 aliphatic rings. The third kappa shape index (κ3) is 3.99. The average Bonchev–Trinajstić information content (AvgIpc) is 3.10. The van der Waals surface area contributed by atoms with E-state index in [2.05, 4.69) is 62.3 Å². The van der Waals surface area contributed by atoms with Gasteiger partial charge in [-0.1, -0.05) is 62.3 Å². The zero-order valence-electron chi connectivity index (χ0n) is 14.9. The predicted molar refractivity (Wildman–Crippen MR) is 87.1 cm³/mol. The minimum absolute atomic E-state index is 0.806. The first kappa shape index (κ1) is 17.1. The number of hydrogen-bond acceptors (Lipinski definition) is 0. The van der Waals surface area contributed by atoms with Gasteiger partial charge in [-0.3, -0.25) is 0 Å². The van der Waals surface area contributed by atoms with E-state index in [1.807, 2.05) is 0 Å². The fraction of sp³-hybridized carbons (Fsp3) is 1.00. The van der Waals surface area contributed by atoms with Crippen molar-refractivity contribution in [1.29, 1.82) is 0 Å². The van der Waals surface area contributed by atoms with Crippen LogP contribution in [0.15, 0.2) is 0 Å². The summed E-state index contributed by atoms with van der Waals surface area (Å²) >= 11 is 0. The molecular formula is C19H38. The molecule has 0 aromatic heterocycles. The Kier molecular flexibility index (Phi) is 5.96. The van der Waals surface area contributed by atoms with Crippen molar-refractivity contribution < 1.29 is 0 Å². The largest absolute Gasteiger partial charge is 0.0625 e. The summed E-state index contributed by atoms with van der Waals surface area (Å²) < 4.78 is 0. The second kappa shape index (κ2) is 6.64. The number of hydrogen-bond donors (Lipinski definition) is 0. The van der Waals surface area contributed by atoms with E-state index in [0.717, 1.165) is 53.3 Å². The lowest BCUT2D eigenvalue weighted by atomic mass is 9.68. The molecule has 8 unspecified atom stereocenters. The van der Waals surface area contributed by atoms with Gasteiger partial charge in [0.05, 0.1) is 0 Å². The minimum atomic E-state index is 0.806. The molecule has 0 aromatic rings. The van der Waals surface area contributed by atoms with Crippen LogP contribution in [0.25, 0.3) is 0 Å². The Bertz CT molecular complexity index is 267.